The lowest BCUT2D eigenvalue weighted by Gasteiger charge is -2.17. The minimum atomic E-state index is -3.97. The van der Waals surface area contributed by atoms with E-state index in [-0.39, 0.29) is 28.1 Å². The van der Waals surface area contributed by atoms with Crippen LogP contribution in [0.2, 0.25) is 0 Å². The Balaban J connectivity index is 1.63. The van der Waals surface area contributed by atoms with Crippen molar-refractivity contribution in [3.8, 4) is 0 Å². The molecule has 0 saturated carbocycles. The summed E-state index contributed by atoms with van der Waals surface area (Å²) in [7, 11) is -3.97. The number of aromatic nitrogens is 1. The average Bonchev–Trinajstić information content (AvgIpc) is 2.79. The van der Waals surface area contributed by atoms with E-state index < -0.39 is 10.0 Å². The highest BCUT2D eigenvalue weighted by atomic mass is 32.2. The monoisotopic (exact) mass is 431 g/mol. The maximum Gasteiger partial charge on any atom is 0.264 e. The molecule has 0 radical (unpaired) electrons. The number of carbonyl (C=O) groups is 1. The van der Waals surface area contributed by atoms with Crippen molar-refractivity contribution in [2.24, 2.45) is 0 Å². The Bertz CT molecular complexity index is 1330. The first-order valence-corrected chi connectivity index (χ1v) is 11.3. The summed E-state index contributed by atoms with van der Waals surface area (Å²) in [5.74, 6) is -0.370. The van der Waals surface area contributed by atoms with Crippen molar-refractivity contribution in [1.82, 2.24) is 10.3 Å². The van der Waals surface area contributed by atoms with E-state index in [9.17, 15) is 13.2 Å². The number of hydrogen-bond donors (Lipinski definition) is 2. The Kier molecular flexibility index (Phi) is 5.68. The van der Waals surface area contributed by atoms with Crippen LogP contribution in [0.25, 0.3) is 10.9 Å². The molecule has 31 heavy (non-hydrogen) atoms. The van der Waals surface area contributed by atoms with Gasteiger partial charge in [0.05, 0.1) is 22.8 Å². The van der Waals surface area contributed by atoms with Crippen molar-refractivity contribution in [2.45, 2.75) is 17.9 Å². The lowest BCUT2D eigenvalue weighted by molar-refractivity contribution is 0.0941. The molecule has 0 spiro atoms. The van der Waals surface area contributed by atoms with Crippen LogP contribution in [0.4, 0.5) is 5.69 Å². The zero-order chi connectivity index (χ0) is 21.8. The summed E-state index contributed by atoms with van der Waals surface area (Å²) in [6, 6.07) is 24.4. The molecule has 7 heteroatoms. The maximum atomic E-state index is 13.2. The summed E-state index contributed by atoms with van der Waals surface area (Å²) >= 11 is 0. The molecule has 1 heterocycles. The highest BCUT2D eigenvalue weighted by Crippen LogP contribution is 2.25. The van der Waals surface area contributed by atoms with Gasteiger partial charge < -0.3 is 5.32 Å². The highest BCUT2D eigenvalue weighted by Gasteiger charge is 2.22. The number of nitrogens with one attached hydrogen (secondary N) is 2. The van der Waals surface area contributed by atoms with Gasteiger partial charge in [0.2, 0.25) is 0 Å². The van der Waals surface area contributed by atoms with E-state index in [1.165, 1.54) is 6.07 Å². The quantitative estimate of drug-likeness (QED) is 0.470. The predicted molar refractivity (Wildman–Crippen MR) is 121 cm³/mol. The van der Waals surface area contributed by atoms with Crippen molar-refractivity contribution < 1.29 is 13.2 Å². The Morgan fingerprint density at radius 2 is 1.58 bits per heavy atom. The summed E-state index contributed by atoms with van der Waals surface area (Å²) in [4.78, 5) is 17.2. The predicted octanol–water partition coefficient (Wildman–Crippen LogP) is 4.53. The molecule has 1 unspecified atom stereocenters. The van der Waals surface area contributed by atoms with Crippen molar-refractivity contribution >= 4 is 32.5 Å². The third-order valence-corrected chi connectivity index (χ3v) is 6.35. The Hall–Kier alpha value is -3.71. The van der Waals surface area contributed by atoms with E-state index in [1.54, 1.807) is 54.7 Å². The van der Waals surface area contributed by atoms with Gasteiger partial charge in [0.25, 0.3) is 15.9 Å². The Morgan fingerprint density at radius 3 is 2.39 bits per heavy atom. The van der Waals surface area contributed by atoms with Crippen LogP contribution in [0.5, 0.6) is 0 Å². The number of fused-ring (bicyclic) bond motifs is 1. The number of rotatable bonds is 6. The molecule has 1 amide bonds. The standard InChI is InChI=1S/C24H21N3O3S/c1-17(18-9-3-2-4-10-18)26-24(28)20-13-5-6-14-21(20)27-31(29,30)22-15-7-11-19-12-8-16-25-23(19)22/h2-17,27H,1H3,(H,26,28). The number of pyridine rings is 1. The van der Waals surface area contributed by atoms with Gasteiger partial charge in [-0.1, -0.05) is 60.7 Å². The van der Waals surface area contributed by atoms with Gasteiger partial charge in [-0.05, 0) is 36.8 Å². The first-order valence-electron chi connectivity index (χ1n) is 9.77. The molecular weight excluding hydrogens is 410 g/mol. The van der Waals surface area contributed by atoms with Crippen LogP contribution in [-0.4, -0.2) is 19.3 Å². The van der Waals surface area contributed by atoms with Crippen LogP contribution in [0.3, 0.4) is 0 Å². The third kappa shape index (κ3) is 4.41. The van der Waals surface area contributed by atoms with Crippen molar-refractivity contribution in [2.75, 3.05) is 4.72 Å². The second-order valence-corrected chi connectivity index (χ2v) is 8.74. The van der Waals surface area contributed by atoms with E-state index in [2.05, 4.69) is 15.0 Å². The highest BCUT2D eigenvalue weighted by molar-refractivity contribution is 7.93. The van der Waals surface area contributed by atoms with Gasteiger partial charge in [0.1, 0.15) is 4.90 Å². The lowest BCUT2D eigenvalue weighted by Crippen LogP contribution is -2.28. The van der Waals surface area contributed by atoms with E-state index in [0.29, 0.717) is 10.9 Å². The molecule has 4 aromatic rings. The van der Waals surface area contributed by atoms with Crippen molar-refractivity contribution in [3.63, 3.8) is 0 Å². The number of hydrogen-bond acceptors (Lipinski definition) is 4. The van der Waals surface area contributed by atoms with Gasteiger partial charge in [0, 0.05) is 11.6 Å². The largest absolute Gasteiger partial charge is 0.345 e. The van der Waals surface area contributed by atoms with Gasteiger partial charge in [-0.2, -0.15) is 0 Å². The molecule has 0 aliphatic rings. The van der Waals surface area contributed by atoms with Crippen LogP contribution in [-0.2, 0) is 10.0 Å². The summed E-state index contributed by atoms with van der Waals surface area (Å²) in [6.45, 7) is 1.88. The molecule has 2 N–H and O–H groups in total. The number of carbonyl (C=O) groups excluding carboxylic acids is 1. The SMILES string of the molecule is CC(NC(=O)c1ccccc1NS(=O)(=O)c1cccc2cccnc12)c1ccccc1. The molecule has 0 saturated heterocycles. The zero-order valence-corrected chi connectivity index (χ0v) is 17.6. The molecule has 1 atom stereocenters. The van der Waals surface area contributed by atoms with Crippen LogP contribution >= 0.6 is 0 Å². The molecule has 6 nitrogen and oxygen atoms in total. The molecule has 0 aliphatic carbocycles. The van der Waals surface area contributed by atoms with E-state index in [1.807, 2.05) is 37.3 Å². The first kappa shape index (κ1) is 20.6. The fraction of sp³-hybridized carbons (Fsp3) is 0.0833. The van der Waals surface area contributed by atoms with Gasteiger partial charge in [-0.3, -0.25) is 14.5 Å². The summed E-state index contributed by atoms with van der Waals surface area (Å²) in [6.07, 6.45) is 1.55. The average molecular weight is 432 g/mol. The van der Waals surface area contributed by atoms with Crippen molar-refractivity contribution in [3.05, 3.63) is 102 Å². The number of anilines is 1. The Labute approximate surface area is 181 Å². The normalized spacial score (nSPS) is 12.3. The van der Waals surface area contributed by atoms with Gasteiger partial charge in [-0.15, -0.1) is 0 Å². The molecule has 0 fully saturated rings. The Morgan fingerprint density at radius 1 is 0.871 bits per heavy atom. The van der Waals surface area contributed by atoms with Crippen LogP contribution in [0.1, 0.15) is 28.9 Å². The molecule has 1 aromatic heterocycles. The summed E-state index contributed by atoms with van der Waals surface area (Å²) in [5.41, 5.74) is 1.77. The molecule has 0 aliphatic heterocycles. The van der Waals surface area contributed by atoms with Gasteiger partial charge in [-0.25, -0.2) is 8.42 Å². The fourth-order valence-electron chi connectivity index (χ4n) is 3.36. The molecular formula is C24H21N3O3S. The number of benzene rings is 3. The summed E-state index contributed by atoms with van der Waals surface area (Å²) < 4.78 is 28.9. The molecule has 3 aromatic carbocycles. The van der Waals surface area contributed by atoms with Gasteiger partial charge in [0.15, 0.2) is 0 Å². The van der Waals surface area contributed by atoms with E-state index in [0.717, 1.165) is 5.56 Å². The second kappa shape index (κ2) is 8.57. The summed E-state index contributed by atoms with van der Waals surface area (Å²) in [5, 5.41) is 3.64. The first-order chi connectivity index (χ1) is 15.0. The van der Waals surface area contributed by atoms with Crippen LogP contribution in [0.15, 0.2) is 96.0 Å². The fourth-order valence-corrected chi connectivity index (χ4v) is 4.62. The number of sulfonamides is 1. The number of nitrogens with zero attached hydrogens (tertiary/aromatic N) is 1. The van der Waals surface area contributed by atoms with Crippen LogP contribution in [0, 0.1) is 0 Å². The lowest BCUT2D eigenvalue weighted by atomic mass is 10.1. The van der Waals surface area contributed by atoms with E-state index >= 15 is 0 Å². The second-order valence-electron chi connectivity index (χ2n) is 7.09. The zero-order valence-electron chi connectivity index (χ0n) is 16.8. The molecule has 0 bridgehead atoms. The topological polar surface area (TPSA) is 88.2 Å². The van der Waals surface area contributed by atoms with E-state index in [4.69, 9.17) is 0 Å². The maximum absolute atomic E-state index is 13.2. The molecule has 4 rings (SSSR count). The van der Waals surface area contributed by atoms with Crippen LogP contribution < -0.4 is 10.0 Å². The third-order valence-electron chi connectivity index (χ3n) is 4.95. The molecule has 156 valence electrons. The smallest absolute Gasteiger partial charge is 0.264 e. The number of para-hydroxylation sites is 2. The number of amides is 1. The minimum Gasteiger partial charge on any atom is -0.345 e. The van der Waals surface area contributed by atoms with Gasteiger partial charge >= 0.3 is 0 Å². The minimum absolute atomic E-state index is 0.0541. The van der Waals surface area contributed by atoms with Crippen molar-refractivity contribution in [1.29, 1.82) is 0 Å².